The van der Waals surface area contributed by atoms with Crippen molar-refractivity contribution in [3.05, 3.63) is 0 Å². The second-order valence-electron chi connectivity index (χ2n) is 4.55. The molecule has 2 unspecified atom stereocenters. The van der Waals surface area contributed by atoms with E-state index in [1.807, 2.05) is 0 Å². The monoisotopic (exact) mass is 167 g/mol. The Balaban J connectivity index is 1.62. The van der Waals surface area contributed by atoms with Gasteiger partial charge in [-0.25, -0.2) is 0 Å². The molecule has 0 amide bonds. The van der Waals surface area contributed by atoms with E-state index < -0.39 is 0 Å². The van der Waals surface area contributed by atoms with Crippen LogP contribution in [-0.2, 0) is 0 Å². The zero-order valence-corrected chi connectivity index (χ0v) is 8.26. The maximum absolute atomic E-state index is 2.67. The zero-order chi connectivity index (χ0) is 8.39. The van der Waals surface area contributed by atoms with E-state index in [4.69, 9.17) is 0 Å². The topological polar surface area (TPSA) is 3.24 Å². The predicted octanol–water partition coefficient (Wildman–Crippen LogP) is 2.52. The van der Waals surface area contributed by atoms with Gasteiger partial charge in [0.05, 0.1) is 0 Å². The Labute approximate surface area is 76.1 Å². The third-order valence-corrected chi connectivity index (χ3v) is 3.42. The van der Waals surface area contributed by atoms with Gasteiger partial charge in [0, 0.05) is 6.54 Å². The third-order valence-electron chi connectivity index (χ3n) is 3.42. The van der Waals surface area contributed by atoms with Gasteiger partial charge in [0.1, 0.15) is 0 Å². The minimum Gasteiger partial charge on any atom is -0.303 e. The first-order valence-corrected chi connectivity index (χ1v) is 5.62. The maximum atomic E-state index is 2.67. The highest BCUT2D eigenvalue weighted by atomic mass is 15.1. The van der Waals surface area contributed by atoms with Crippen LogP contribution in [0.25, 0.3) is 0 Å². The first kappa shape index (κ1) is 8.55. The van der Waals surface area contributed by atoms with Gasteiger partial charge in [0.25, 0.3) is 0 Å². The van der Waals surface area contributed by atoms with Gasteiger partial charge in [-0.2, -0.15) is 0 Å². The first-order valence-electron chi connectivity index (χ1n) is 5.62. The molecule has 0 bridgehead atoms. The molecule has 1 heteroatoms. The fraction of sp³-hybridized carbons (Fsp3) is 1.00. The lowest BCUT2D eigenvalue weighted by Crippen LogP contribution is -2.22. The molecule has 12 heavy (non-hydrogen) atoms. The Morgan fingerprint density at radius 3 is 2.58 bits per heavy atom. The largest absolute Gasteiger partial charge is 0.303 e. The smallest absolute Gasteiger partial charge is 0.00124 e. The fourth-order valence-electron chi connectivity index (χ4n) is 2.56. The van der Waals surface area contributed by atoms with Crippen molar-refractivity contribution in [2.45, 2.75) is 39.0 Å². The molecule has 0 aromatic rings. The van der Waals surface area contributed by atoms with Crippen molar-refractivity contribution < 1.29 is 0 Å². The minimum atomic E-state index is 1.09. The van der Waals surface area contributed by atoms with E-state index in [0.29, 0.717) is 0 Å². The lowest BCUT2D eigenvalue weighted by atomic mass is 10.2. The average Bonchev–Trinajstić information content (AvgIpc) is 2.62. The van der Waals surface area contributed by atoms with Crippen LogP contribution < -0.4 is 0 Å². The summed E-state index contributed by atoms with van der Waals surface area (Å²) in [6.45, 7) is 6.50. The molecular weight excluding hydrogens is 146 g/mol. The molecular formula is C11H21N. The quantitative estimate of drug-likeness (QED) is 0.622. The summed E-state index contributed by atoms with van der Waals surface area (Å²) in [7, 11) is 0. The number of hydrogen-bond acceptors (Lipinski definition) is 1. The summed E-state index contributed by atoms with van der Waals surface area (Å²) in [5, 5.41) is 0. The molecule has 2 rings (SSSR count). The molecule has 2 atom stereocenters. The van der Waals surface area contributed by atoms with Crippen LogP contribution in [0.15, 0.2) is 0 Å². The Morgan fingerprint density at radius 1 is 1.17 bits per heavy atom. The summed E-state index contributed by atoms with van der Waals surface area (Å²) in [6, 6.07) is 0. The molecule has 1 aliphatic carbocycles. The van der Waals surface area contributed by atoms with Crippen LogP contribution in [0.4, 0.5) is 0 Å². The zero-order valence-electron chi connectivity index (χ0n) is 8.26. The molecule has 2 aliphatic rings. The number of likely N-dealkylation sites (tertiary alicyclic amines) is 1. The Morgan fingerprint density at radius 2 is 1.92 bits per heavy atom. The van der Waals surface area contributed by atoms with Gasteiger partial charge in [-0.15, -0.1) is 0 Å². The number of nitrogens with zero attached hydrogens (tertiary/aromatic N) is 1. The van der Waals surface area contributed by atoms with Crippen molar-refractivity contribution in [2.75, 3.05) is 19.6 Å². The van der Waals surface area contributed by atoms with E-state index >= 15 is 0 Å². The van der Waals surface area contributed by atoms with Crippen LogP contribution in [0.3, 0.4) is 0 Å². The minimum absolute atomic E-state index is 1.09. The van der Waals surface area contributed by atoms with Crippen molar-refractivity contribution in [2.24, 2.45) is 11.8 Å². The van der Waals surface area contributed by atoms with Gasteiger partial charge in [-0.1, -0.05) is 19.8 Å². The molecule has 1 aliphatic heterocycles. The van der Waals surface area contributed by atoms with Gasteiger partial charge in [-0.3, -0.25) is 0 Å². The second kappa shape index (κ2) is 3.78. The third kappa shape index (κ3) is 2.01. The van der Waals surface area contributed by atoms with Gasteiger partial charge < -0.3 is 4.90 Å². The molecule has 0 radical (unpaired) electrons. The average molecular weight is 167 g/mol. The summed E-state index contributed by atoms with van der Waals surface area (Å²) >= 11 is 0. The van der Waals surface area contributed by atoms with Crippen LogP contribution in [0.1, 0.15) is 39.0 Å². The molecule has 0 aromatic heterocycles. The second-order valence-corrected chi connectivity index (χ2v) is 4.55. The highest BCUT2D eigenvalue weighted by molar-refractivity contribution is 4.88. The molecule has 0 aromatic carbocycles. The Hall–Kier alpha value is -0.0400. The van der Waals surface area contributed by atoms with Gasteiger partial charge in [-0.05, 0) is 44.2 Å². The normalized spacial score (nSPS) is 35.8. The Bertz CT molecular complexity index is 138. The van der Waals surface area contributed by atoms with Crippen LogP contribution in [0.2, 0.25) is 0 Å². The van der Waals surface area contributed by atoms with E-state index in [1.165, 1.54) is 51.7 Å². The Kier molecular flexibility index (Phi) is 2.69. The molecule has 2 fully saturated rings. The SMILES string of the molecule is CCCC1CC1CN1CCCC1. The van der Waals surface area contributed by atoms with Crippen molar-refractivity contribution in [3.63, 3.8) is 0 Å². The lowest BCUT2D eigenvalue weighted by Gasteiger charge is -2.13. The van der Waals surface area contributed by atoms with Gasteiger partial charge in [0.2, 0.25) is 0 Å². The highest BCUT2D eigenvalue weighted by Gasteiger charge is 2.37. The van der Waals surface area contributed by atoms with Gasteiger partial charge in [0.15, 0.2) is 0 Å². The molecule has 70 valence electrons. The standard InChI is InChI=1S/C11H21N/c1-2-5-10-8-11(10)9-12-6-3-4-7-12/h10-11H,2-9H2,1H3. The van der Waals surface area contributed by atoms with Crippen LogP contribution >= 0.6 is 0 Å². The van der Waals surface area contributed by atoms with Crippen LogP contribution in [-0.4, -0.2) is 24.5 Å². The van der Waals surface area contributed by atoms with Gasteiger partial charge >= 0.3 is 0 Å². The van der Waals surface area contributed by atoms with E-state index in [-0.39, 0.29) is 0 Å². The summed E-state index contributed by atoms with van der Waals surface area (Å²) in [4.78, 5) is 2.67. The van der Waals surface area contributed by atoms with Crippen LogP contribution in [0.5, 0.6) is 0 Å². The summed E-state index contributed by atoms with van der Waals surface area (Å²) < 4.78 is 0. The van der Waals surface area contributed by atoms with Crippen molar-refractivity contribution in [1.82, 2.24) is 4.90 Å². The predicted molar refractivity (Wildman–Crippen MR) is 52.2 cm³/mol. The fourth-order valence-corrected chi connectivity index (χ4v) is 2.56. The summed E-state index contributed by atoms with van der Waals surface area (Å²) in [5.41, 5.74) is 0. The maximum Gasteiger partial charge on any atom is 0.00124 e. The van der Waals surface area contributed by atoms with E-state index in [0.717, 1.165) is 11.8 Å². The highest BCUT2D eigenvalue weighted by Crippen LogP contribution is 2.42. The first-order chi connectivity index (χ1) is 5.90. The molecule has 1 heterocycles. The molecule has 0 spiro atoms. The summed E-state index contributed by atoms with van der Waals surface area (Å²) in [5.74, 6) is 2.19. The summed E-state index contributed by atoms with van der Waals surface area (Å²) in [6.07, 6.45) is 7.31. The van der Waals surface area contributed by atoms with E-state index in [1.54, 1.807) is 0 Å². The molecule has 1 saturated carbocycles. The van der Waals surface area contributed by atoms with Crippen molar-refractivity contribution in [1.29, 1.82) is 0 Å². The molecule has 1 saturated heterocycles. The van der Waals surface area contributed by atoms with E-state index in [2.05, 4.69) is 11.8 Å². The van der Waals surface area contributed by atoms with Crippen molar-refractivity contribution in [3.8, 4) is 0 Å². The van der Waals surface area contributed by atoms with Crippen molar-refractivity contribution >= 4 is 0 Å². The van der Waals surface area contributed by atoms with E-state index in [9.17, 15) is 0 Å². The number of rotatable bonds is 4. The number of hydrogen-bond donors (Lipinski definition) is 0. The lowest BCUT2D eigenvalue weighted by molar-refractivity contribution is 0.315. The molecule has 0 N–H and O–H groups in total. The van der Waals surface area contributed by atoms with Crippen LogP contribution in [0, 0.1) is 11.8 Å². The molecule has 1 nitrogen and oxygen atoms in total.